The highest BCUT2D eigenvalue weighted by Gasteiger charge is 2.43. The number of ether oxygens (including phenoxy) is 3. The quantitative estimate of drug-likeness (QED) is 0.205. The van der Waals surface area contributed by atoms with Crippen LogP contribution in [0.2, 0.25) is 0 Å². The predicted molar refractivity (Wildman–Crippen MR) is 110 cm³/mol. The molecule has 2 rings (SSSR count). The van der Waals surface area contributed by atoms with E-state index < -0.39 is 40.2 Å². The number of nitrogens with zero attached hydrogens (tertiary/aromatic N) is 1. The molecular weight excluding hydrogens is 390 g/mol. The maximum absolute atomic E-state index is 13.0. The molecule has 0 amide bonds. The van der Waals surface area contributed by atoms with Crippen molar-refractivity contribution in [3.05, 3.63) is 52.6 Å². The number of nitro benzene ring substituents is 1. The lowest BCUT2D eigenvalue weighted by atomic mass is 9.83. The molecule has 1 aliphatic rings. The van der Waals surface area contributed by atoms with Crippen LogP contribution in [0, 0.1) is 22.0 Å². The van der Waals surface area contributed by atoms with E-state index in [2.05, 4.69) is 6.58 Å². The third kappa shape index (κ3) is 6.21. The third-order valence-corrected chi connectivity index (χ3v) is 4.71. The number of hydrogen-bond acceptors (Lipinski definition) is 7. The highest BCUT2D eigenvalue weighted by atomic mass is 16.7. The van der Waals surface area contributed by atoms with Gasteiger partial charge in [-0.1, -0.05) is 6.08 Å². The van der Waals surface area contributed by atoms with Crippen LogP contribution in [-0.2, 0) is 19.0 Å². The van der Waals surface area contributed by atoms with Gasteiger partial charge in [0, 0.05) is 30.0 Å². The molecule has 0 aromatic heterocycles. The van der Waals surface area contributed by atoms with Crippen molar-refractivity contribution in [3.63, 3.8) is 0 Å². The molecule has 1 heterocycles. The molecule has 1 fully saturated rings. The Morgan fingerprint density at radius 2 is 1.93 bits per heavy atom. The second-order valence-electron chi connectivity index (χ2n) is 8.75. The van der Waals surface area contributed by atoms with Gasteiger partial charge in [0.25, 0.3) is 5.69 Å². The van der Waals surface area contributed by atoms with Crippen molar-refractivity contribution >= 4 is 17.4 Å². The first-order valence-electron chi connectivity index (χ1n) is 9.78. The molecule has 1 saturated heterocycles. The molecule has 8 heteroatoms. The van der Waals surface area contributed by atoms with Gasteiger partial charge in [-0.25, -0.2) is 0 Å². The highest BCUT2D eigenvalue weighted by Crippen LogP contribution is 2.34. The standard InChI is InChI=1S/C22H29NO7/c1-7-16(19-13-28-22(5,6)29-19)17(20(25)30-21(2,3)4)12-18(24)14-8-10-15(11-9-14)23(26)27/h7-11,16-17,19H,1,12-13H2,2-6H3/t16-,17+,19-/m0/s1. The van der Waals surface area contributed by atoms with Crippen molar-refractivity contribution in [3.8, 4) is 0 Å². The van der Waals surface area contributed by atoms with Crippen LogP contribution in [0.1, 0.15) is 51.4 Å². The van der Waals surface area contributed by atoms with Gasteiger partial charge < -0.3 is 14.2 Å². The molecule has 1 aliphatic heterocycles. The van der Waals surface area contributed by atoms with Gasteiger partial charge in [-0.15, -0.1) is 6.58 Å². The summed E-state index contributed by atoms with van der Waals surface area (Å²) in [6, 6.07) is 5.29. The maximum atomic E-state index is 13.0. The SMILES string of the molecule is C=C[C@H]([C@@H]1COC(C)(C)O1)[C@@H](CC(=O)c1ccc([N+](=O)[O-])cc1)C(=O)OC(C)(C)C. The molecule has 8 nitrogen and oxygen atoms in total. The Balaban J connectivity index is 2.28. The molecule has 0 radical (unpaired) electrons. The summed E-state index contributed by atoms with van der Waals surface area (Å²) in [4.78, 5) is 36.2. The average Bonchev–Trinajstić information content (AvgIpc) is 2.99. The lowest BCUT2D eigenvalue weighted by molar-refractivity contribution is -0.384. The van der Waals surface area contributed by atoms with Gasteiger partial charge in [0.05, 0.1) is 23.6 Å². The molecule has 0 spiro atoms. The molecule has 1 aromatic carbocycles. The van der Waals surface area contributed by atoms with Crippen LogP contribution in [-0.4, -0.2) is 40.8 Å². The van der Waals surface area contributed by atoms with E-state index in [4.69, 9.17) is 14.2 Å². The first kappa shape index (κ1) is 23.7. The Kier molecular flexibility index (Phi) is 7.15. The lowest BCUT2D eigenvalue weighted by Crippen LogP contribution is -2.39. The fourth-order valence-corrected chi connectivity index (χ4v) is 3.32. The minimum Gasteiger partial charge on any atom is -0.460 e. The molecule has 0 saturated carbocycles. The molecule has 0 bridgehead atoms. The largest absolute Gasteiger partial charge is 0.460 e. The summed E-state index contributed by atoms with van der Waals surface area (Å²) < 4.78 is 17.1. The average molecular weight is 419 g/mol. The number of ketones is 1. The minimum atomic E-state index is -0.841. The van der Waals surface area contributed by atoms with Crippen molar-refractivity contribution in [2.75, 3.05) is 6.61 Å². The number of rotatable bonds is 8. The molecule has 164 valence electrons. The van der Waals surface area contributed by atoms with Crippen LogP contribution < -0.4 is 0 Å². The zero-order valence-corrected chi connectivity index (χ0v) is 18.0. The Morgan fingerprint density at radius 1 is 1.33 bits per heavy atom. The van der Waals surface area contributed by atoms with E-state index in [1.165, 1.54) is 24.3 Å². The van der Waals surface area contributed by atoms with E-state index in [-0.39, 0.29) is 30.1 Å². The summed E-state index contributed by atoms with van der Waals surface area (Å²) in [6.07, 6.45) is 0.983. The monoisotopic (exact) mass is 419 g/mol. The molecule has 1 aromatic rings. The number of carbonyl (C=O) groups excluding carboxylic acids is 2. The second-order valence-corrected chi connectivity index (χ2v) is 8.75. The van der Waals surface area contributed by atoms with Gasteiger partial charge in [-0.3, -0.25) is 19.7 Å². The van der Waals surface area contributed by atoms with Crippen LogP contribution in [0.5, 0.6) is 0 Å². The summed E-state index contributed by atoms with van der Waals surface area (Å²) in [5.74, 6) is -3.01. The molecule has 3 atom stereocenters. The third-order valence-electron chi connectivity index (χ3n) is 4.71. The van der Waals surface area contributed by atoms with Crippen LogP contribution >= 0.6 is 0 Å². The maximum Gasteiger partial charge on any atom is 0.310 e. The van der Waals surface area contributed by atoms with Gasteiger partial charge in [0.15, 0.2) is 11.6 Å². The number of Topliss-reactive ketones (excluding diaryl/α,β-unsaturated/α-hetero) is 1. The first-order chi connectivity index (χ1) is 13.8. The zero-order valence-electron chi connectivity index (χ0n) is 18.0. The van der Waals surface area contributed by atoms with Crippen molar-refractivity contribution in [2.45, 2.75) is 58.5 Å². The molecular formula is C22H29NO7. The van der Waals surface area contributed by atoms with Gasteiger partial charge in [-0.2, -0.15) is 0 Å². The molecule has 30 heavy (non-hydrogen) atoms. The van der Waals surface area contributed by atoms with Crippen molar-refractivity contribution < 1.29 is 28.7 Å². The predicted octanol–water partition coefficient (Wildman–Crippen LogP) is 4.08. The lowest BCUT2D eigenvalue weighted by Gasteiger charge is -2.30. The Morgan fingerprint density at radius 3 is 2.37 bits per heavy atom. The number of nitro groups is 1. The number of non-ortho nitro benzene ring substituents is 1. The van der Waals surface area contributed by atoms with E-state index in [1.807, 2.05) is 0 Å². The fourth-order valence-electron chi connectivity index (χ4n) is 3.32. The van der Waals surface area contributed by atoms with E-state index in [0.29, 0.717) is 0 Å². The van der Waals surface area contributed by atoms with Crippen LogP contribution in [0.15, 0.2) is 36.9 Å². The summed E-state index contributed by atoms with van der Waals surface area (Å²) in [6.45, 7) is 12.9. The summed E-state index contributed by atoms with van der Waals surface area (Å²) >= 11 is 0. The van der Waals surface area contributed by atoms with Gasteiger partial charge in [-0.05, 0) is 46.8 Å². The van der Waals surface area contributed by atoms with E-state index in [1.54, 1.807) is 40.7 Å². The molecule has 0 unspecified atom stereocenters. The van der Waals surface area contributed by atoms with Gasteiger partial charge in [0.2, 0.25) is 0 Å². The van der Waals surface area contributed by atoms with E-state index >= 15 is 0 Å². The van der Waals surface area contributed by atoms with Crippen molar-refractivity contribution in [2.24, 2.45) is 11.8 Å². The van der Waals surface area contributed by atoms with Crippen molar-refractivity contribution in [1.82, 2.24) is 0 Å². The summed E-state index contributed by atoms with van der Waals surface area (Å²) in [5, 5.41) is 10.8. The van der Waals surface area contributed by atoms with E-state index in [9.17, 15) is 19.7 Å². The molecule has 0 aliphatic carbocycles. The van der Waals surface area contributed by atoms with Crippen LogP contribution in [0.4, 0.5) is 5.69 Å². The van der Waals surface area contributed by atoms with Crippen LogP contribution in [0.3, 0.4) is 0 Å². The minimum absolute atomic E-state index is 0.113. The Bertz CT molecular complexity index is 808. The van der Waals surface area contributed by atoms with Gasteiger partial charge >= 0.3 is 5.97 Å². The van der Waals surface area contributed by atoms with Crippen molar-refractivity contribution in [1.29, 1.82) is 0 Å². The first-order valence-corrected chi connectivity index (χ1v) is 9.78. The number of benzene rings is 1. The number of hydrogen-bond donors (Lipinski definition) is 0. The Hall–Kier alpha value is -2.58. The highest BCUT2D eigenvalue weighted by molar-refractivity contribution is 5.98. The van der Waals surface area contributed by atoms with Crippen LogP contribution in [0.25, 0.3) is 0 Å². The molecule has 0 N–H and O–H groups in total. The fraction of sp³-hybridized carbons (Fsp3) is 0.545. The number of esters is 1. The second kappa shape index (κ2) is 9.06. The smallest absolute Gasteiger partial charge is 0.310 e. The Labute approximate surface area is 176 Å². The number of carbonyl (C=O) groups is 2. The van der Waals surface area contributed by atoms with E-state index in [0.717, 1.165) is 0 Å². The zero-order chi connectivity index (χ0) is 22.7. The summed E-state index contributed by atoms with van der Waals surface area (Å²) in [7, 11) is 0. The summed E-state index contributed by atoms with van der Waals surface area (Å²) in [5.41, 5.74) is -0.567. The topological polar surface area (TPSA) is 105 Å². The van der Waals surface area contributed by atoms with Gasteiger partial charge in [0.1, 0.15) is 5.60 Å². The normalized spacial score (nSPS) is 20.2.